The molecule has 0 saturated carbocycles. The summed E-state index contributed by atoms with van der Waals surface area (Å²) in [5.41, 5.74) is 3.84. The number of furan rings is 1. The molecule has 7 heteroatoms. The van der Waals surface area contributed by atoms with Gasteiger partial charge in [0.1, 0.15) is 17.5 Å². The first-order chi connectivity index (χ1) is 15.5. The predicted molar refractivity (Wildman–Crippen MR) is 125 cm³/mol. The second-order valence-corrected chi connectivity index (χ2v) is 9.28. The summed E-state index contributed by atoms with van der Waals surface area (Å²) >= 11 is 1.54. The maximum Gasteiger partial charge on any atom is 0.274 e. The van der Waals surface area contributed by atoms with Crippen LogP contribution in [0.3, 0.4) is 0 Å². The first kappa shape index (κ1) is 20.5. The fraction of sp³-hybridized carbons (Fsp3) is 0.240. The molecule has 32 heavy (non-hydrogen) atoms. The average molecular weight is 446 g/mol. The molecule has 1 saturated heterocycles. The maximum atomic E-state index is 13.3. The number of aromatic nitrogens is 1. The van der Waals surface area contributed by atoms with Crippen molar-refractivity contribution in [3.8, 4) is 10.4 Å². The van der Waals surface area contributed by atoms with Crippen LogP contribution in [-0.4, -0.2) is 40.8 Å². The zero-order valence-corrected chi connectivity index (χ0v) is 18.7. The number of rotatable bonds is 5. The van der Waals surface area contributed by atoms with E-state index < -0.39 is 0 Å². The van der Waals surface area contributed by atoms with Crippen LogP contribution in [0.4, 0.5) is 0 Å². The molecule has 1 N–H and O–H groups in total. The van der Waals surface area contributed by atoms with Crippen molar-refractivity contribution >= 4 is 34.1 Å². The second-order valence-electron chi connectivity index (χ2n) is 8.08. The van der Waals surface area contributed by atoms with Gasteiger partial charge in [0.05, 0.1) is 21.5 Å². The third-order valence-corrected chi connectivity index (χ3v) is 6.87. The molecule has 2 amide bonds. The number of para-hydroxylation sites is 1. The number of hydrogen-bond acceptors (Lipinski definition) is 5. The molecule has 3 heterocycles. The number of thiazole rings is 1. The topological polar surface area (TPSA) is 75.4 Å². The van der Waals surface area contributed by atoms with E-state index in [1.165, 1.54) is 17.6 Å². The van der Waals surface area contributed by atoms with E-state index in [-0.39, 0.29) is 17.9 Å². The van der Waals surface area contributed by atoms with E-state index in [1.54, 1.807) is 0 Å². The number of likely N-dealkylation sites (tertiary alicyclic amines) is 1. The van der Waals surface area contributed by atoms with Crippen molar-refractivity contribution in [3.63, 3.8) is 0 Å². The van der Waals surface area contributed by atoms with Crippen LogP contribution in [0.5, 0.6) is 0 Å². The Kier molecular flexibility index (Phi) is 5.27. The smallest absolute Gasteiger partial charge is 0.274 e. The predicted octanol–water partition coefficient (Wildman–Crippen LogP) is 4.82. The number of hydrogen-bond donors (Lipinski definition) is 1. The highest BCUT2D eigenvalue weighted by Crippen LogP contribution is 2.33. The summed E-state index contributed by atoms with van der Waals surface area (Å²) in [4.78, 5) is 33.3. The molecule has 0 bridgehead atoms. The van der Waals surface area contributed by atoms with Gasteiger partial charge in [-0.05, 0) is 31.9 Å². The first-order valence-electron chi connectivity index (χ1n) is 10.6. The lowest BCUT2D eigenvalue weighted by Crippen LogP contribution is -2.56. The third-order valence-electron chi connectivity index (χ3n) is 5.85. The fourth-order valence-corrected chi connectivity index (χ4v) is 4.98. The summed E-state index contributed by atoms with van der Waals surface area (Å²) in [6.07, 6.45) is 2.33. The molecule has 0 spiro atoms. The van der Waals surface area contributed by atoms with E-state index in [0.717, 1.165) is 32.8 Å². The van der Waals surface area contributed by atoms with Gasteiger partial charge in [0.25, 0.3) is 11.8 Å². The molecule has 4 aromatic rings. The summed E-state index contributed by atoms with van der Waals surface area (Å²) < 4.78 is 5.47. The Morgan fingerprint density at radius 2 is 2.03 bits per heavy atom. The molecule has 2 aromatic heterocycles. The van der Waals surface area contributed by atoms with Gasteiger partial charge in [-0.15, -0.1) is 11.3 Å². The van der Waals surface area contributed by atoms with Gasteiger partial charge in [-0.2, -0.15) is 0 Å². The highest BCUT2D eigenvalue weighted by atomic mass is 32.1. The minimum absolute atomic E-state index is 0.0445. The highest BCUT2D eigenvalue weighted by molar-refractivity contribution is 7.15. The molecular formula is C25H23N3O3S. The lowest BCUT2D eigenvalue weighted by Gasteiger charge is -2.40. The summed E-state index contributed by atoms with van der Waals surface area (Å²) in [6.45, 7) is 5.02. The number of aryl methyl sites for hydroxylation is 2. The van der Waals surface area contributed by atoms with Crippen molar-refractivity contribution in [3.05, 3.63) is 76.6 Å². The lowest BCUT2D eigenvalue weighted by molar-refractivity contribution is 0.0451. The number of amides is 2. The van der Waals surface area contributed by atoms with E-state index in [4.69, 9.17) is 4.42 Å². The molecule has 2 aromatic carbocycles. The van der Waals surface area contributed by atoms with Crippen molar-refractivity contribution in [1.29, 1.82) is 0 Å². The van der Waals surface area contributed by atoms with Gasteiger partial charge in [0, 0.05) is 18.5 Å². The third kappa shape index (κ3) is 3.69. The Morgan fingerprint density at radius 3 is 2.81 bits per heavy atom. The molecule has 1 fully saturated rings. The van der Waals surface area contributed by atoms with E-state index in [1.807, 2.05) is 61.2 Å². The zero-order chi connectivity index (χ0) is 22.2. The molecule has 6 nitrogen and oxygen atoms in total. The van der Waals surface area contributed by atoms with E-state index in [2.05, 4.69) is 16.4 Å². The fourth-order valence-electron chi connectivity index (χ4n) is 4.07. The number of benzene rings is 2. The van der Waals surface area contributed by atoms with Crippen molar-refractivity contribution in [1.82, 2.24) is 15.2 Å². The van der Waals surface area contributed by atoms with E-state index in [0.29, 0.717) is 29.9 Å². The SMILES string of the molecule is Cc1cccc(-c2sc(C)nc2C(=O)N2CC[C@H]2CNC(=O)c2coc3ccccc23)c1. The Morgan fingerprint density at radius 1 is 1.19 bits per heavy atom. The summed E-state index contributed by atoms with van der Waals surface area (Å²) in [7, 11) is 0. The Balaban J connectivity index is 1.30. The number of carbonyl (C=O) groups excluding carboxylic acids is 2. The largest absolute Gasteiger partial charge is 0.463 e. The van der Waals surface area contributed by atoms with Gasteiger partial charge < -0.3 is 14.6 Å². The normalized spacial score (nSPS) is 15.6. The van der Waals surface area contributed by atoms with Crippen LogP contribution < -0.4 is 5.32 Å². The van der Waals surface area contributed by atoms with E-state index in [9.17, 15) is 9.59 Å². The number of nitrogens with one attached hydrogen (secondary N) is 1. The van der Waals surface area contributed by atoms with Gasteiger partial charge in [0.15, 0.2) is 0 Å². The standard InChI is InChI=1S/C25H23N3O3S/c1-15-6-5-7-17(12-15)23-22(27-16(2)32-23)25(30)28-11-10-18(28)13-26-24(29)20-14-31-21-9-4-3-8-19(20)21/h3-9,12,14,18H,10-11,13H2,1-2H3,(H,26,29)/t18-/m0/s1. The number of carbonyl (C=O) groups is 2. The summed E-state index contributed by atoms with van der Waals surface area (Å²) in [5, 5.41) is 4.61. The van der Waals surface area contributed by atoms with Crippen LogP contribution in [0.15, 0.2) is 59.2 Å². The molecule has 5 rings (SSSR count). The Hall–Kier alpha value is -3.45. The lowest BCUT2D eigenvalue weighted by atomic mass is 10.0. The Labute approximate surface area is 189 Å². The number of fused-ring (bicyclic) bond motifs is 1. The van der Waals surface area contributed by atoms with Crippen LogP contribution in [0.25, 0.3) is 21.4 Å². The average Bonchev–Trinajstić information content (AvgIpc) is 3.36. The van der Waals surface area contributed by atoms with Gasteiger partial charge in [-0.1, -0.05) is 48.0 Å². The highest BCUT2D eigenvalue weighted by Gasteiger charge is 2.35. The van der Waals surface area contributed by atoms with Crippen LogP contribution in [0.2, 0.25) is 0 Å². The Bertz CT molecular complexity index is 1320. The molecule has 1 aliphatic rings. The summed E-state index contributed by atoms with van der Waals surface area (Å²) in [5.74, 6) is -0.274. The molecule has 0 aliphatic carbocycles. The summed E-state index contributed by atoms with van der Waals surface area (Å²) in [6, 6.07) is 15.5. The quantitative estimate of drug-likeness (QED) is 0.478. The molecule has 0 unspecified atom stereocenters. The molecule has 0 radical (unpaired) electrons. The van der Waals surface area contributed by atoms with Crippen molar-refractivity contribution in [2.75, 3.05) is 13.1 Å². The number of nitrogens with zero attached hydrogens (tertiary/aromatic N) is 2. The van der Waals surface area contributed by atoms with Gasteiger partial charge >= 0.3 is 0 Å². The monoisotopic (exact) mass is 445 g/mol. The van der Waals surface area contributed by atoms with Crippen LogP contribution in [0, 0.1) is 13.8 Å². The van der Waals surface area contributed by atoms with Crippen molar-refractivity contribution in [2.45, 2.75) is 26.3 Å². The van der Waals surface area contributed by atoms with E-state index >= 15 is 0 Å². The second kappa shape index (κ2) is 8.24. The van der Waals surface area contributed by atoms with Crippen molar-refractivity contribution < 1.29 is 14.0 Å². The molecular weight excluding hydrogens is 422 g/mol. The van der Waals surface area contributed by atoms with Gasteiger partial charge in [-0.3, -0.25) is 9.59 Å². The van der Waals surface area contributed by atoms with Crippen LogP contribution in [0.1, 0.15) is 37.8 Å². The molecule has 162 valence electrons. The van der Waals surface area contributed by atoms with Crippen LogP contribution in [-0.2, 0) is 0 Å². The maximum absolute atomic E-state index is 13.3. The van der Waals surface area contributed by atoms with Crippen molar-refractivity contribution in [2.24, 2.45) is 0 Å². The zero-order valence-electron chi connectivity index (χ0n) is 17.9. The van der Waals surface area contributed by atoms with Gasteiger partial charge in [0.2, 0.25) is 0 Å². The van der Waals surface area contributed by atoms with Crippen LogP contribution >= 0.6 is 11.3 Å². The first-order valence-corrected chi connectivity index (χ1v) is 11.4. The molecule has 1 atom stereocenters. The minimum atomic E-state index is -0.195. The minimum Gasteiger partial charge on any atom is -0.463 e. The molecule has 1 aliphatic heterocycles. The van der Waals surface area contributed by atoms with Gasteiger partial charge in [-0.25, -0.2) is 4.98 Å².